The number of alkyl halides is 3. The fourth-order valence-corrected chi connectivity index (χ4v) is 1.73. The Kier molecular flexibility index (Phi) is 3.39. The number of aliphatic hydroxyl groups is 1. The molecule has 1 N–H and O–H groups in total. The van der Waals surface area contributed by atoms with Crippen LogP contribution < -0.4 is 0 Å². The zero-order valence-electron chi connectivity index (χ0n) is 9.75. The molecule has 0 aliphatic heterocycles. The van der Waals surface area contributed by atoms with Gasteiger partial charge in [-0.2, -0.15) is 13.2 Å². The molecule has 1 atom stereocenters. The molecule has 0 radical (unpaired) electrons. The molecule has 0 fully saturated rings. The molecule has 4 heteroatoms. The Balaban J connectivity index is 3.47. The number of hydrogen-bond donors (Lipinski definition) is 1. The van der Waals surface area contributed by atoms with Crippen LogP contribution in [-0.4, -0.2) is 11.3 Å². The van der Waals surface area contributed by atoms with Crippen molar-refractivity contribution < 1.29 is 18.3 Å². The first kappa shape index (κ1) is 13.8. The summed E-state index contributed by atoms with van der Waals surface area (Å²) in [6.07, 6.45) is -3.65. The van der Waals surface area contributed by atoms with E-state index in [4.69, 9.17) is 0 Å². The largest absolute Gasteiger partial charge is 0.422 e. The minimum atomic E-state index is -4.77. The Labute approximate surface area is 98.6 Å². The van der Waals surface area contributed by atoms with Crippen LogP contribution in [0, 0.1) is 5.41 Å². The second-order valence-electron chi connectivity index (χ2n) is 4.50. The van der Waals surface area contributed by atoms with Crippen molar-refractivity contribution in [2.45, 2.75) is 25.6 Å². The molecule has 1 aromatic rings. The molecule has 17 heavy (non-hydrogen) atoms. The third-order valence-electron chi connectivity index (χ3n) is 3.04. The molecule has 0 aliphatic carbocycles. The highest BCUT2D eigenvalue weighted by molar-refractivity contribution is 5.29. The van der Waals surface area contributed by atoms with E-state index in [9.17, 15) is 18.3 Å². The van der Waals surface area contributed by atoms with Gasteiger partial charge in [-0.25, -0.2) is 0 Å². The lowest BCUT2D eigenvalue weighted by Gasteiger charge is -2.42. The van der Waals surface area contributed by atoms with Crippen LogP contribution in [0.15, 0.2) is 43.0 Å². The molecule has 0 unspecified atom stereocenters. The first-order valence-corrected chi connectivity index (χ1v) is 5.15. The molecule has 0 amide bonds. The minimum absolute atomic E-state index is 0.183. The summed E-state index contributed by atoms with van der Waals surface area (Å²) in [5.74, 6) is 0. The van der Waals surface area contributed by atoms with Gasteiger partial charge in [0.05, 0.1) is 0 Å². The monoisotopic (exact) mass is 244 g/mol. The molecule has 0 saturated carbocycles. The van der Waals surface area contributed by atoms with E-state index in [1.54, 1.807) is 6.07 Å². The summed E-state index contributed by atoms with van der Waals surface area (Å²) in [5.41, 5.74) is -4.65. The average molecular weight is 244 g/mol. The van der Waals surface area contributed by atoms with Crippen molar-refractivity contribution in [2.75, 3.05) is 0 Å². The summed E-state index contributed by atoms with van der Waals surface area (Å²) in [5, 5.41) is 10.2. The Hall–Kier alpha value is -1.29. The standard InChI is InChI=1S/C13H15F3O/c1-4-11(2,3)12(17,13(14,15)16)10-8-6-5-7-9-10/h4-9,17H,1H2,2-3H3/t12-/m0/s1. The van der Waals surface area contributed by atoms with Gasteiger partial charge < -0.3 is 5.11 Å². The number of halogens is 3. The van der Waals surface area contributed by atoms with E-state index in [2.05, 4.69) is 6.58 Å². The lowest BCUT2D eigenvalue weighted by atomic mass is 9.70. The van der Waals surface area contributed by atoms with Crippen molar-refractivity contribution in [3.63, 3.8) is 0 Å². The van der Waals surface area contributed by atoms with Gasteiger partial charge in [0.15, 0.2) is 5.60 Å². The molecule has 0 aromatic heterocycles. The molecule has 0 heterocycles. The van der Waals surface area contributed by atoms with Crippen molar-refractivity contribution in [2.24, 2.45) is 5.41 Å². The van der Waals surface area contributed by atoms with Crippen molar-refractivity contribution in [1.29, 1.82) is 0 Å². The normalized spacial score (nSPS) is 16.4. The Morgan fingerprint density at radius 3 is 1.94 bits per heavy atom. The molecule has 0 spiro atoms. The zero-order chi connectivity index (χ0) is 13.3. The summed E-state index contributed by atoms with van der Waals surface area (Å²) in [6.45, 7) is 5.99. The van der Waals surface area contributed by atoms with E-state index >= 15 is 0 Å². The van der Waals surface area contributed by atoms with Crippen LogP contribution in [0.5, 0.6) is 0 Å². The van der Waals surface area contributed by atoms with E-state index in [0.29, 0.717) is 0 Å². The highest BCUT2D eigenvalue weighted by Gasteiger charge is 2.62. The van der Waals surface area contributed by atoms with E-state index in [1.165, 1.54) is 38.1 Å². The van der Waals surface area contributed by atoms with Gasteiger partial charge in [-0.3, -0.25) is 0 Å². The maximum absolute atomic E-state index is 13.2. The number of hydrogen-bond acceptors (Lipinski definition) is 1. The summed E-state index contributed by atoms with van der Waals surface area (Å²) >= 11 is 0. The minimum Gasteiger partial charge on any atom is -0.376 e. The predicted molar refractivity (Wildman–Crippen MR) is 60.4 cm³/mol. The smallest absolute Gasteiger partial charge is 0.376 e. The van der Waals surface area contributed by atoms with Gasteiger partial charge in [0.2, 0.25) is 0 Å². The van der Waals surface area contributed by atoms with Crippen LogP contribution in [0.25, 0.3) is 0 Å². The second kappa shape index (κ2) is 4.18. The van der Waals surface area contributed by atoms with E-state index in [1.807, 2.05) is 0 Å². The summed E-state index contributed by atoms with van der Waals surface area (Å²) in [4.78, 5) is 0. The first-order valence-electron chi connectivity index (χ1n) is 5.15. The lowest BCUT2D eigenvalue weighted by molar-refractivity contribution is -0.297. The fourth-order valence-electron chi connectivity index (χ4n) is 1.73. The fraction of sp³-hybridized carbons (Fsp3) is 0.385. The zero-order valence-corrected chi connectivity index (χ0v) is 9.75. The van der Waals surface area contributed by atoms with E-state index < -0.39 is 17.2 Å². The van der Waals surface area contributed by atoms with Gasteiger partial charge in [0.25, 0.3) is 0 Å². The Morgan fingerprint density at radius 1 is 1.12 bits per heavy atom. The quantitative estimate of drug-likeness (QED) is 0.805. The molecular weight excluding hydrogens is 229 g/mol. The van der Waals surface area contributed by atoms with Crippen LogP contribution in [0.4, 0.5) is 13.2 Å². The molecule has 0 bridgehead atoms. The average Bonchev–Trinajstić information content (AvgIpc) is 2.27. The molecule has 1 aromatic carbocycles. The molecular formula is C13H15F3O. The third kappa shape index (κ3) is 2.09. The second-order valence-corrected chi connectivity index (χ2v) is 4.50. The van der Waals surface area contributed by atoms with Gasteiger partial charge in [-0.05, 0) is 5.56 Å². The van der Waals surface area contributed by atoms with E-state index in [-0.39, 0.29) is 5.56 Å². The molecule has 1 rings (SSSR count). The summed E-state index contributed by atoms with van der Waals surface area (Å²) in [6, 6.07) is 7.05. The van der Waals surface area contributed by atoms with E-state index in [0.717, 1.165) is 6.08 Å². The SMILES string of the molecule is C=CC(C)(C)[C@@](O)(c1ccccc1)C(F)(F)F. The maximum atomic E-state index is 13.2. The maximum Gasteiger partial charge on any atom is 0.422 e. The van der Waals surface area contributed by atoms with Crippen LogP contribution in [0.1, 0.15) is 19.4 Å². The number of benzene rings is 1. The van der Waals surface area contributed by atoms with Crippen LogP contribution in [-0.2, 0) is 5.60 Å². The number of rotatable bonds is 3. The van der Waals surface area contributed by atoms with Gasteiger partial charge in [0, 0.05) is 5.41 Å². The van der Waals surface area contributed by atoms with Gasteiger partial charge in [-0.15, -0.1) is 6.58 Å². The van der Waals surface area contributed by atoms with Crippen molar-refractivity contribution in [3.05, 3.63) is 48.6 Å². The highest BCUT2D eigenvalue weighted by Crippen LogP contribution is 2.51. The van der Waals surface area contributed by atoms with Crippen molar-refractivity contribution in [1.82, 2.24) is 0 Å². The molecule has 1 nitrogen and oxygen atoms in total. The topological polar surface area (TPSA) is 20.2 Å². The first-order chi connectivity index (χ1) is 7.67. The lowest BCUT2D eigenvalue weighted by Crippen LogP contribution is -2.52. The van der Waals surface area contributed by atoms with Gasteiger partial charge in [0.1, 0.15) is 0 Å². The Bertz CT molecular complexity index is 395. The summed E-state index contributed by atoms with van der Waals surface area (Å²) < 4.78 is 39.5. The Morgan fingerprint density at radius 2 is 1.59 bits per heavy atom. The van der Waals surface area contributed by atoms with Crippen molar-refractivity contribution in [3.8, 4) is 0 Å². The highest BCUT2D eigenvalue weighted by atomic mass is 19.4. The van der Waals surface area contributed by atoms with Gasteiger partial charge >= 0.3 is 6.18 Å². The predicted octanol–water partition coefficient (Wildman–Crippen LogP) is 3.65. The molecule has 94 valence electrons. The molecule has 0 aliphatic rings. The van der Waals surface area contributed by atoms with Crippen LogP contribution >= 0.6 is 0 Å². The summed E-state index contributed by atoms with van der Waals surface area (Å²) in [7, 11) is 0. The van der Waals surface area contributed by atoms with Crippen LogP contribution in [0.3, 0.4) is 0 Å². The molecule has 0 saturated heterocycles. The van der Waals surface area contributed by atoms with Gasteiger partial charge in [-0.1, -0.05) is 50.3 Å². The van der Waals surface area contributed by atoms with Crippen LogP contribution in [0.2, 0.25) is 0 Å². The van der Waals surface area contributed by atoms with Crippen molar-refractivity contribution >= 4 is 0 Å². The third-order valence-corrected chi connectivity index (χ3v) is 3.04.